The lowest BCUT2D eigenvalue weighted by atomic mass is 10.0. The van der Waals surface area contributed by atoms with Gasteiger partial charge in [0.05, 0.1) is 10.7 Å². The lowest BCUT2D eigenvalue weighted by Crippen LogP contribution is -2.30. The van der Waals surface area contributed by atoms with Crippen LogP contribution in [-0.4, -0.2) is 18.1 Å². The summed E-state index contributed by atoms with van der Waals surface area (Å²) >= 11 is 11.2. The summed E-state index contributed by atoms with van der Waals surface area (Å²) in [5, 5.41) is 0.693. The maximum Gasteiger partial charge on any atom is 0.104 e. The third-order valence-electron chi connectivity index (χ3n) is 3.09. The van der Waals surface area contributed by atoms with Gasteiger partial charge in [0, 0.05) is 18.7 Å². The Kier molecular flexibility index (Phi) is 5.42. The second-order valence-electron chi connectivity index (χ2n) is 5.12. The zero-order valence-corrected chi connectivity index (χ0v) is 13.0. The predicted molar refractivity (Wildman–Crippen MR) is 84.7 cm³/mol. The van der Waals surface area contributed by atoms with Crippen LogP contribution < -0.4 is 10.6 Å². The molecule has 0 amide bonds. The van der Waals surface area contributed by atoms with E-state index in [2.05, 4.69) is 32.7 Å². The fourth-order valence-corrected chi connectivity index (χ4v) is 2.46. The van der Waals surface area contributed by atoms with Gasteiger partial charge in [-0.3, -0.25) is 0 Å². The molecule has 0 spiro atoms. The fourth-order valence-electron chi connectivity index (χ4n) is 2.02. The van der Waals surface area contributed by atoms with Crippen LogP contribution in [0.15, 0.2) is 18.2 Å². The molecule has 18 heavy (non-hydrogen) atoms. The standard InChI is InChI=1S/C14H21ClN2S/c1-9(2)7-10(3)17(4)13-6-5-11(14(16)18)8-12(13)15/h5-6,8-10H,7H2,1-4H3,(H2,16,18). The highest BCUT2D eigenvalue weighted by atomic mass is 35.5. The zero-order valence-electron chi connectivity index (χ0n) is 11.4. The fraction of sp³-hybridized carbons (Fsp3) is 0.500. The van der Waals surface area contributed by atoms with Gasteiger partial charge in [0.15, 0.2) is 0 Å². The van der Waals surface area contributed by atoms with Crippen LogP contribution in [0, 0.1) is 5.92 Å². The van der Waals surface area contributed by atoms with Gasteiger partial charge in [-0.05, 0) is 37.5 Å². The molecular weight excluding hydrogens is 264 g/mol. The van der Waals surface area contributed by atoms with Gasteiger partial charge in [0.25, 0.3) is 0 Å². The van der Waals surface area contributed by atoms with Gasteiger partial charge >= 0.3 is 0 Å². The molecule has 1 rings (SSSR count). The number of hydrogen-bond donors (Lipinski definition) is 1. The smallest absolute Gasteiger partial charge is 0.104 e. The van der Waals surface area contributed by atoms with Gasteiger partial charge in [-0.15, -0.1) is 0 Å². The molecule has 2 nitrogen and oxygen atoms in total. The number of halogens is 1. The molecule has 2 N–H and O–H groups in total. The van der Waals surface area contributed by atoms with Crippen molar-refractivity contribution in [3.63, 3.8) is 0 Å². The van der Waals surface area contributed by atoms with E-state index in [-0.39, 0.29) is 0 Å². The topological polar surface area (TPSA) is 29.3 Å². The van der Waals surface area contributed by atoms with E-state index in [0.29, 0.717) is 22.0 Å². The van der Waals surface area contributed by atoms with Crippen molar-refractivity contribution >= 4 is 34.5 Å². The predicted octanol–water partition coefficient (Wildman–Crippen LogP) is 3.85. The highest BCUT2D eigenvalue weighted by Gasteiger charge is 2.14. The molecule has 0 fully saturated rings. The number of nitrogens with zero attached hydrogens (tertiary/aromatic N) is 1. The van der Waals surface area contributed by atoms with Gasteiger partial charge < -0.3 is 10.6 Å². The molecular formula is C14H21ClN2S. The number of anilines is 1. The minimum Gasteiger partial charge on any atom is -0.389 e. The van der Waals surface area contributed by atoms with Gasteiger partial charge in [0.2, 0.25) is 0 Å². The van der Waals surface area contributed by atoms with Crippen molar-refractivity contribution in [3.05, 3.63) is 28.8 Å². The summed E-state index contributed by atoms with van der Waals surface area (Å²) in [4.78, 5) is 2.58. The van der Waals surface area contributed by atoms with Crippen molar-refractivity contribution in [1.82, 2.24) is 0 Å². The second-order valence-corrected chi connectivity index (χ2v) is 5.97. The minimum absolute atomic E-state index is 0.376. The zero-order chi connectivity index (χ0) is 13.9. The lowest BCUT2D eigenvalue weighted by Gasteiger charge is -2.29. The van der Waals surface area contributed by atoms with E-state index in [4.69, 9.17) is 29.6 Å². The SMILES string of the molecule is CC(C)CC(C)N(C)c1ccc(C(N)=S)cc1Cl. The van der Waals surface area contributed by atoms with Crippen LogP contribution in [-0.2, 0) is 0 Å². The average molecular weight is 285 g/mol. The van der Waals surface area contributed by atoms with Crippen LogP contribution in [0.25, 0.3) is 0 Å². The summed E-state index contributed by atoms with van der Waals surface area (Å²) < 4.78 is 0. The van der Waals surface area contributed by atoms with Crippen molar-refractivity contribution in [2.45, 2.75) is 33.2 Å². The normalized spacial score (nSPS) is 12.6. The number of thiocarbonyl (C=S) groups is 1. The van der Waals surface area contributed by atoms with Crippen LogP contribution in [0.3, 0.4) is 0 Å². The van der Waals surface area contributed by atoms with Crippen LogP contribution >= 0.6 is 23.8 Å². The molecule has 0 aliphatic heterocycles. The molecule has 0 aliphatic rings. The Labute approximate surface area is 120 Å². The Balaban J connectivity index is 2.92. The first-order chi connectivity index (χ1) is 8.32. The summed E-state index contributed by atoms with van der Waals surface area (Å²) in [7, 11) is 2.06. The van der Waals surface area contributed by atoms with Gasteiger partial charge in [-0.2, -0.15) is 0 Å². The summed E-state index contributed by atoms with van der Waals surface area (Å²) in [6, 6.07) is 6.17. The molecule has 1 aromatic carbocycles. The monoisotopic (exact) mass is 284 g/mol. The summed E-state index contributed by atoms with van der Waals surface area (Å²) in [5.74, 6) is 0.664. The van der Waals surface area contributed by atoms with Crippen LogP contribution in [0.4, 0.5) is 5.69 Å². The Bertz CT molecular complexity index is 432. The Morgan fingerprint density at radius 1 is 1.39 bits per heavy atom. The average Bonchev–Trinajstić information content (AvgIpc) is 2.26. The first kappa shape index (κ1) is 15.3. The van der Waals surface area contributed by atoms with E-state index < -0.39 is 0 Å². The molecule has 100 valence electrons. The highest BCUT2D eigenvalue weighted by Crippen LogP contribution is 2.28. The minimum atomic E-state index is 0.376. The first-order valence-corrected chi connectivity index (χ1v) is 6.93. The van der Waals surface area contributed by atoms with Gasteiger partial charge in [-0.1, -0.05) is 37.7 Å². The maximum atomic E-state index is 6.29. The first-order valence-electron chi connectivity index (χ1n) is 6.15. The number of rotatable bonds is 5. The quantitative estimate of drug-likeness (QED) is 0.833. The molecule has 4 heteroatoms. The molecule has 0 saturated heterocycles. The largest absolute Gasteiger partial charge is 0.389 e. The lowest BCUT2D eigenvalue weighted by molar-refractivity contribution is 0.504. The third-order valence-corrected chi connectivity index (χ3v) is 3.62. The van der Waals surface area contributed by atoms with Gasteiger partial charge in [0.1, 0.15) is 4.99 Å². The Morgan fingerprint density at radius 3 is 2.44 bits per heavy atom. The van der Waals surface area contributed by atoms with E-state index >= 15 is 0 Å². The van der Waals surface area contributed by atoms with Crippen LogP contribution in [0.2, 0.25) is 5.02 Å². The van der Waals surface area contributed by atoms with E-state index in [9.17, 15) is 0 Å². The molecule has 1 aromatic rings. The number of hydrogen-bond acceptors (Lipinski definition) is 2. The maximum absolute atomic E-state index is 6.29. The number of benzene rings is 1. The Morgan fingerprint density at radius 2 is 2.00 bits per heavy atom. The Hall–Kier alpha value is -0.800. The molecule has 1 unspecified atom stereocenters. The van der Waals surface area contributed by atoms with Crippen LogP contribution in [0.1, 0.15) is 32.8 Å². The van der Waals surface area contributed by atoms with Crippen molar-refractivity contribution < 1.29 is 0 Å². The molecule has 0 aromatic heterocycles. The molecule has 0 aliphatic carbocycles. The van der Waals surface area contributed by atoms with Crippen molar-refractivity contribution in [2.24, 2.45) is 11.7 Å². The van der Waals surface area contributed by atoms with E-state index in [1.807, 2.05) is 18.2 Å². The van der Waals surface area contributed by atoms with E-state index in [1.54, 1.807) is 0 Å². The number of nitrogens with two attached hydrogens (primary N) is 1. The van der Waals surface area contributed by atoms with E-state index in [1.165, 1.54) is 0 Å². The van der Waals surface area contributed by atoms with Gasteiger partial charge in [-0.25, -0.2) is 0 Å². The van der Waals surface area contributed by atoms with Crippen molar-refractivity contribution in [1.29, 1.82) is 0 Å². The summed E-state index contributed by atoms with van der Waals surface area (Å²) in [5.41, 5.74) is 7.42. The molecule has 0 saturated carbocycles. The second kappa shape index (κ2) is 6.39. The highest BCUT2D eigenvalue weighted by molar-refractivity contribution is 7.80. The van der Waals surface area contributed by atoms with Crippen LogP contribution in [0.5, 0.6) is 0 Å². The molecule has 0 bridgehead atoms. The molecule has 0 heterocycles. The summed E-state index contributed by atoms with van der Waals surface area (Å²) in [6.07, 6.45) is 1.13. The van der Waals surface area contributed by atoms with Crippen molar-refractivity contribution in [3.8, 4) is 0 Å². The van der Waals surface area contributed by atoms with E-state index in [0.717, 1.165) is 17.7 Å². The molecule has 0 radical (unpaired) electrons. The van der Waals surface area contributed by atoms with Crippen molar-refractivity contribution in [2.75, 3.05) is 11.9 Å². The summed E-state index contributed by atoms with van der Waals surface area (Å²) in [6.45, 7) is 6.65. The molecule has 1 atom stereocenters. The third kappa shape index (κ3) is 3.85.